The maximum absolute atomic E-state index is 12.2. The lowest BCUT2D eigenvalue weighted by Crippen LogP contribution is -2.30. The van der Waals surface area contributed by atoms with Gasteiger partial charge in [-0.3, -0.25) is 4.79 Å². The molecule has 6 nitrogen and oxygen atoms in total. The molecule has 0 atom stereocenters. The third-order valence-corrected chi connectivity index (χ3v) is 4.95. The Morgan fingerprint density at radius 2 is 1.83 bits per heavy atom. The smallest absolute Gasteiger partial charge is 0.255 e. The molecule has 0 aliphatic carbocycles. The average molecular weight is 333 g/mol. The summed E-state index contributed by atoms with van der Waals surface area (Å²) in [7, 11) is 0.176. The van der Waals surface area contributed by atoms with E-state index < -0.39 is 9.84 Å². The number of carbonyl (C=O) groups is 1. The molecular weight excluding hydrogens is 314 g/mol. The summed E-state index contributed by atoms with van der Waals surface area (Å²) in [5.74, 6) is 0.0429. The lowest BCUT2D eigenvalue weighted by Gasteiger charge is -2.15. The van der Waals surface area contributed by atoms with E-state index >= 15 is 0 Å². The molecule has 23 heavy (non-hydrogen) atoms. The van der Waals surface area contributed by atoms with E-state index in [9.17, 15) is 13.2 Å². The topological polar surface area (TPSA) is 79.4 Å². The van der Waals surface area contributed by atoms with Crippen molar-refractivity contribution < 1.29 is 13.2 Å². The molecule has 0 aliphatic heterocycles. The number of aromatic nitrogens is 1. The number of hydrogen-bond donors (Lipinski definition) is 1. The van der Waals surface area contributed by atoms with Gasteiger partial charge in [-0.15, -0.1) is 0 Å². The molecule has 0 fully saturated rings. The molecule has 7 heteroatoms. The van der Waals surface area contributed by atoms with Crippen LogP contribution in [0.15, 0.2) is 53.6 Å². The second-order valence-corrected chi connectivity index (χ2v) is 7.27. The van der Waals surface area contributed by atoms with Gasteiger partial charge in [-0.1, -0.05) is 18.2 Å². The van der Waals surface area contributed by atoms with Crippen molar-refractivity contribution in [2.75, 3.05) is 31.3 Å². The summed E-state index contributed by atoms with van der Waals surface area (Å²) in [4.78, 5) is 18.4. The van der Waals surface area contributed by atoms with Gasteiger partial charge in [0.15, 0.2) is 9.84 Å². The van der Waals surface area contributed by atoms with E-state index in [2.05, 4.69) is 10.3 Å². The molecule has 1 aromatic carbocycles. The van der Waals surface area contributed by atoms with Gasteiger partial charge >= 0.3 is 0 Å². The van der Waals surface area contributed by atoms with Gasteiger partial charge in [-0.2, -0.15) is 0 Å². The van der Waals surface area contributed by atoms with Crippen LogP contribution in [0.2, 0.25) is 0 Å². The Balaban J connectivity index is 2.01. The lowest BCUT2D eigenvalue weighted by molar-refractivity contribution is 0.0956. The van der Waals surface area contributed by atoms with Gasteiger partial charge < -0.3 is 10.2 Å². The van der Waals surface area contributed by atoms with E-state index in [-0.39, 0.29) is 23.1 Å². The molecule has 1 aromatic heterocycles. The third kappa shape index (κ3) is 4.29. The van der Waals surface area contributed by atoms with E-state index in [4.69, 9.17) is 0 Å². The minimum atomic E-state index is -3.41. The molecule has 0 spiro atoms. The molecule has 0 unspecified atom stereocenters. The molecule has 122 valence electrons. The van der Waals surface area contributed by atoms with Crippen LogP contribution in [0.25, 0.3) is 0 Å². The van der Waals surface area contributed by atoms with Crippen LogP contribution in [0.5, 0.6) is 0 Å². The number of rotatable bonds is 6. The van der Waals surface area contributed by atoms with Crippen LogP contribution in [0.1, 0.15) is 10.4 Å². The fourth-order valence-electron chi connectivity index (χ4n) is 2.07. The van der Waals surface area contributed by atoms with Gasteiger partial charge in [0.25, 0.3) is 5.91 Å². The molecule has 0 saturated heterocycles. The van der Waals surface area contributed by atoms with Gasteiger partial charge in [0.2, 0.25) is 0 Å². The number of nitrogens with zero attached hydrogens (tertiary/aromatic N) is 2. The maximum atomic E-state index is 12.2. The first-order chi connectivity index (χ1) is 10.9. The first kappa shape index (κ1) is 17.0. The molecule has 0 saturated carbocycles. The summed E-state index contributed by atoms with van der Waals surface area (Å²) in [6.07, 6.45) is 1.60. The lowest BCUT2D eigenvalue weighted by atomic mass is 10.2. The van der Waals surface area contributed by atoms with Gasteiger partial charge in [-0.25, -0.2) is 13.4 Å². The molecule has 0 radical (unpaired) electrons. The fraction of sp³-hybridized carbons (Fsp3) is 0.250. The standard InChI is InChI=1S/C16H19N3O3S/c1-19(2)15-14(9-6-10-17-15)16(20)18-11-12-23(21,22)13-7-4-3-5-8-13/h3-10H,11-12H2,1-2H3,(H,18,20). The van der Waals surface area contributed by atoms with Crippen molar-refractivity contribution in [3.63, 3.8) is 0 Å². The zero-order chi connectivity index (χ0) is 16.9. The Morgan fingerprint density at radius 1 is 1.13 bits per heavy atom. The Labute approximate surface area is 136 Å². The van der Waals surface area contributed by atoms with Crippen LogP contribution < -0.4 is 10.2 Å². The van der Waals surface area contributed by atoms with E-state index in [1.54, 1.807) is 67.7 Å². The third-order valence-electron chi connectivity index (χ3n) is 3.21. The van der Waals surface area contributed by atoms with Crippen LogP contribution in [0, 0.1) is 0 Å². The summed E-state index contributed by atoms with van der Waals surface area (Å²) in [6, 6.07) is 11.5. The number of benzene rings is 1. The largest absolute Gasteiger partial charge is 0.362 e. The summed E-state index contributed by atoms with van der Waals surface area (Å²) in [5.41, 5.74) is 0.412. The normalized spacial score (nSPS) is 11.0. The molecule has 1 amide bonds. The van der Waals surface area contributed by atoms with E-state index in [0.717, 1.165) is 0 Å². The second kappa shape index (κ2) is 7.23. The van der Waals surface area contributed by atoms with Gasteiger partial charge in [-0.05, 0) is 24.3 Å². The predicted octanol–water partition coefficient (Wildman–Crippen LogP) is 1.35. The van der Waals surface area contributed by atoms with E-state index in [1.807, 2.05) is 0 Å². The Hall–Kier alpha value is -2.41. The Morgan fingerprint density at radius 3 is 2.48 bits per heavy atom. The SMILES string of the molecule is CN(C)c1ncccc1C(=O)NCCS(=O)(=O)c1ccccc1. The van der Waals surface area contributed by atoms with Crippen molar-refractivity contribution in [1.29, 1.82) is 0 Å². The summed E-state index contributed by atoms with van der Waals surface area (Å²) < 4.78 is 24.3. The highest BCUT2D eigenvalue weighted by atomic mass is 32.2. The van der Waals surface area contributed by atoms with Crippen molar-refractivity contribution in [2.45, 2.75) is 4.90 Å². The first-order valence-electron chi connectivity index (χ1n) is 7.10. The van der Waals surface area contributed by atoms with Crippen molar-refractivity contribution >= 4 is 21.6 Å². The predicted molar refractivity (Wildman–Crippen MR) is 89.4 cm³/mol. The molecular formula is C16H19N3O3S. The zero-order valence-corrected chi connectivity index (χ0v) is 13.9. The van der Waals surface area contributed by atoms with Crippen LogP contribution in [0.4, 0.5) is 5.82 Å². The number of anilines is 1. The number of pyridine rings is 1. The highest BCUT2D eigenvalue weighted by Gasteiger charge is 2.16. The Kier molecular flexibility index (Phi) is 5.33. The highest BCUT2D eigenvalue weighted by Crippen LogP contribution is 2.14. The zero-order valence-electron chi connectivity index (χ0n) is 13.1. The van der Waals surface area contributed by atoms with Crippen molar-refractivity contribution in [3.8, 4) is 0 Å². The molecule has 2 aromatic rings. The van der Waals surface area contributed by atoms with Crippen LogP contribution in [0.3, 0.4) is 0 Å². The average Bonchev–Trinajstić information content (AvgIpc) is 2.55. The maximum Gasteiger partial charge on any atom is 0.255 e. The van der Waals surface area contributed by atoms with Crippen LogP contribution in [-0.4, -0.2) is 45.7 Å². The first-order valence-corrected chi connectivity index (χ1v) is 8.75. The minimum absolute atomic E-state index is 0.0395. The highest BCUT2D eigenvalue weighted by molar-refractivity contribution is 7.91. The quantitative estimate of drug-likeness (QED) is 0.863. The van der Waals surface area contributed by atoms with Crippen molar-refractivity contribution in [2.24, 2.45) is 0 Å². The van der Waals surface area contributed by atoms with Gasteiger partial charge in [0, 0.05) is 26.8 Å². The van der Waals surface area contributed by atoms with E-state index in [0.29, 0.717) is 11.4 Å². The second-order valence-electron chi connectivity index (χ2n) is 5.16. The van der Waals surface area contributed by atoms with Crippen LogP contribution in [-0.2, 0) is 9.84 Å². The fourth-order valence-corrected chi connectivity index (χ4v) is 3.25. The number of nitrogens with one attached hydrogen (secondary N) is 1. The molecule has 0 aliphatic rings. The number of amides is 1. The van der Waals surface area contributed by atoms with Crippen molar-refractivity contribution in [1.82, 2.24) is 10.3 Å². The number of sulfone groups is 1. The van der Waals surface area contributed by atoms with Gasteiger partial charge in [0.1, 0.15) is 5.82 Å². The van der Waals surface area contributed by atoms with Crippen molar-refractivity contribution in [3.05, 3.63) is 54.2 Å². The minimum Gasteiger partial charge on any atom is -0.362 e. The summed E-state index contributed by atoms with van der Waals surface area (Å²) >= 11 is 0. The molecule has 1 N–H and O–H groups in total. The summed E-state index contributed by atoms with van der Waals surface area (Å²) in [5, 5.41) is 2.64. The van der Waals surface area contributed by atoms with Gasteiger partial charge in [0.05, 0.1) is 16.2 Å². The summed E-state index contributed by atoms with van der Waals surface area (Å²) in [6.45, 7) is 0.0395. The molecule has 0 bridgehead atoms. The molecule has 1 heterocycles. The van der Waals surface area contributed by atoms with E-state index in [1.165, 1.54) is 0 Å². The molecule has 2 rings (SSSR count). The Bertz CT molecular complexity index is 774. The monoisotopic (exact) mass is 333 g/mol. The van der Waals surface area contributed by atoms with Crippen LogP contribution >= 0.6 is 0 Å². The number of carbonyl (C=O) groups excluding carboxylic acids is 1. The number of hydrogen-bond acceptors (Lipinski definition) is 5.